The molecule has 4 rings (SSSR count). The van der Waals surface area contributed by atoms with Crippen molar-refractivity contribution in [2.75, 3.05) is 25.0 Å². The second-order valence-corrected chi connectivity index (χ2v) is 12.4. The first-order valence-corrected chi connectivity index (χ1v) is 18.5. The molecule has 12 N–H and O–H groups in total. The van der Waals surface area contributed by atoms with E-state index in [0.29, 0.717) is 0 Å². The van der Waals surface area contributed by atoms with Crippen LogP contribution in [0.15, 0.2) is 137 Å². The zero-order valence-corrected chi connectivity index (χ0v) is 30.0. The molecule has 0 aliphatic heterocycles. The van der Waals surface area contributed by atoms with Crippen LogP contribution in [0.4, 0.5) is 0 Å². The molecule has 0 heterocycles. The lowest BCUT2D eigenvalue weighted by Gasteiger charge is -1.99. The van der Waals surface area contributed by atoms with Gasteiger partial charge < -0.3 is 43.8 Å². The van der Waals surface area contributed by atoms with Crippen molar-refractivity contribution in [2.45, 2.75) is 19.6 Å². The van der Waals surface area contributed by atoms with Crippen molar-refractivity contribution < 1.29 is 20.8 Å². The number of thioether (sulfide) groups is 4. The van der Waals surface area contributed by atoms with E-state index in [9.17, 15) is 0 Å². The summed E-state index contributed by atoms with van der Waals surface area (Å²) in [4.78, 5) is 4.63. The highest BCUT2D eigenvalue weighted by atomic mass is 32.2. The first kappa shape index (κ1) is 41.4. The maximum Gasteiger partial charge on any atom is 0.170 e. The number of oxime groups is 4. The summed E-state index contributed by atoms with van der Waals surface area (Å²) in [5.41, 5.74) is 24.4. The number of nitrogens with two attached hydrogens (primary N) is 4. The van der Waals surface area contributed by atoms with E-state index in [1.54, 1.807) is 47.0 Å². The van der Waals surface area contributed by atoms with Crippen molar-refractivity contribution >= 4 is 70.4 Å². The van der Waals surface area contributed by atoms with Gasteiger partial charge in [-0.05, 0) is 73.6 Å². The van der Waals surface area contributed by atoms with E-state index < -0.39 is 0 Å². The van der Waals surface area contributed by atoms with Gasteiger partial charge in [0.2, 0.25) is 0 Å². The van der Waals surface area contributed by atoms with E-state index in [0.717, 1.165) is 41.8 Å². The van der Waals surface area contributed by atoms with Crippen molar-refractivity contribution in [3.63, 3.8) is 0 Å². The normalized spacial score (nSPS) is 11.6. The van der Waals surface area contributed by atoms with E-state index in [1.165, 1.54) is 0 Å². The van der Waals surface area contributed by atoms with Crippen LogP contribution in [0.1, 0.15) is 22.3 Å². The molecule has 0 saturated heterocycles. The number of rotatable bonds is 8. The van der Waals surface area contributed by atoms with Crippen LogP contribution >= 0.6 is 47.0 Å². The molecular weight excluding hydrogens is 689 g/mol. The van der Waals surface area contributed by atoms with Gasteiger partial charge in [0.05, 0.1) is 0 Å². The predicted octanol–water partition coefficient (Wildman–Crippen LogP) is 6.01. The third kappa shape index (κ3) is 14.8. The van der Waals surface area contributed by atoms with Gasteiger partial charge in [0.1, 0.15) is 0 Å². The molecular formula is C32H40N8O4S4. The summed E-state index contributed by atoms with van der Waals surface area (Å²) >= 11 is 6.61. The van der Waals surface area contributed by atoms with Gasteiger partial charge in [0, 0.05) is 41.8 Å². The van der Waals surface area contributed by atoms with E-state index >= 15 is 0 Å². The Morgan fingerprint density at radius 3 is 0.604 bits per heavy atom. The average Bonchev–Trinajstić information content (AvgIpc) is 3.17. The molecule has 0 spiro atoms. The number of hydrogen-bond donors (Lipinski definition) is 8. The van der Waals surface area contributed by atoms with E-state index in [-0.39, 0.29) is 23.3 Å². The Labute approximate surface area is 297 Å². The first-order chi connectivity index (χ1) is 23.1. The van der Waals surface area contributed by atoms with Crippen LogP contribution in [0.2, 0.25) is 0 Å². The Hall–Kier alpha value is -4.64. The number of benzene rings is 4. The summed E-state index contributed by atoms with van der Waals surface area (Å²) in [6.07, 6.45) is 7.99. The highest BCUT2D eigenvalue weighted by molar-refractivity contribution is 7.99. The van der Waals surface area contributed by atoms with Crippen molar-refractivity contribution in [2.24, 2.45) is 43.6 Å². The summed E-state index contributed by atoms with van der Waals surface area (Å²) in [7, 11) is 0. The Bertz CT molecular complexity index is 1370. The molecule has 16 heteroatoms. The smallest absolute Gasteiger partial charge is 0.170 e. The third-order valence-corrected chi connectivity index (χ3v) is 8.95. The summed E-state index contributed by atoms with van der Waals surface area (Å²) in [5, 5.41) is 45.1. The lowest BCUT2D eigenvalue weighted by atomic mass is 10.2. The third-order valence-electron chi connectivity index (χ3n) is 5.97. The molecule has 12 nitrogen and oxygen atoms in total. The van der Waals surface area contributed by atoms with Crippen LogP contribution < -0.4 is 22.9 Å². The molecule has 4 aromatic rings. The Kier molecular flexibility index (Phi) is 20.4. The second-order valence-electron chi connectivity index (χ2n) is 8.85. The molecule has 0 atom stereocenters. The molecule has 0 fully saturated rings. The predicted molar refractivity (Wildman–Crippen MR) is 203 cm³/mol. The lowest BCUT2D eigenvalue weighted by Crippen LogP contribution is -2.12. The average molecular weight is 729 g/mol. The second kappa shape index (κ2) is 23.6. The first-order valence-electron chi connectivity index (χ1n) is 13.6. The quantitative estimate of drug-likeness (QED) is 0.0342. The molecule has 0 amide bonds. The summed E-state index contributed by atoms with van der Waals surface area (Å²) in [6.45, 7) is 0. The fraction of sp³-hybridized carbons (Fsp3) is 0.125. The molecule has 0 radical (unpaired) electrons. The van der Waals surface area contributed by atoms with Gasteiger partial charge in [-0.3, -0.25) is 0 Å². The van der Waals surface area contributed by atoms with Gasteiger partial charge in [-0.2, -0.15) is 0 Å². The molecule has 4 aromatic carbocycles. The molecule has 0 aliphatic rings. The summed E-state index contributed by atoms with van der Waals surface area (Å²) in [6, 6.07) is 30.0. The van der Waals surface area contributed by atoms with Crippen molar-refractivity contribution in [1.82, 2.24) is 0 Å². The fourth-order valence-electron chi connectivity index (χ4n) is 3.28. The van der Waals surface area contributed by atoms with Crippen LogP contribution in [-0.4, -0.2) is 69.2 Å². The SMILES string of the molecule is CSc1ccc(/C(N)=N/O)cc1.CSc1ccc(/C(N)=N/O)cc1.CSc1ccc(/C(N)=N/O)cc1.CSc1ccc(/C(N)=N/O)cc1. The van der Waals surface area contributed by atoms with Crippen LogP contribution in [0.25, 0.3) is 0 Å². The van der Waals surface area contributed by atoms with Crippen LogP contribution in [0.5, 0.6) is 0 Å². The summed E-state index contributed by atoms with van der Waals surface area (Å²) in [5.74, 6) is 0.565. The van der Waals surface area contributed by atoms with E-state index in [4.69, 9.17) is 43.8 Å². The number of hydrogen-bond acceptors (Lipinski definition) is 12. The minimum atomic E-state index is 0.141. The lowest BCUT2D eigenvalue weighted by molar-refractivity contribution is 0.318. The molecule has 0 unspecified atom stereocenters. The maximum absolute atomic E-state index is 8.37. The Morgan fingerprint density at radius 1 is 0.354 bits per heavy atom. The van der Waals surface area contributed by atoms with E-state index in [1.807, 2.05) is 122 Å². The number of amidine groups is 4. The molecule has 48 heavy (non-hydrogen) atoms. The van der Waals surface area contributed by atoms with Gasteiger partial charge in [0.15, 0.2) is 23.3 Å². The van der Waals surface area contributed by atoms with Crippen molar-refractivity contribution in [3.8, 4) is 0 Å². The molecule has 0 saturated carbocycles. The Balaban J connectivity index is 0.000000320. The van der Waals surface area contributed by atoms with Crippen LogP contribution in [0.3, 0.4) is 0 Å². The van der Waals surface area contributed by atoms with Gasteiger partial charge >= 0.3 is 0 Å². The minimum absolute atomic E-state index is 0.141. The maximum atomic E-state index is 8.37. The molecule has 0 aliphatic carbocycles. The zero-order valence-electron chi connectivity index (χ0n) is 26.8. The van der Waals surface area contributed by atoms with Gasteiger partial charge in [-0.25, -0.2) is 0 Å². The minimum Gasteiger partial charge on any atom is -0.409 e. The number of nitrogens with zero attached hydrogens (tertiary/aromatic N) is 4. The van der Waals surface area contributed by atoms with Gasteiger partial charge in [-0.1, -0.05) is 69.2 Å². The highest BCUT2D eigenvalue weighted by Crippen LogP contribution is 2.17. The zero-order chi connectivity index (χ0) is 35.9. The molecule has 256 valence electrons. The van der Waals surface area contributed by atoms with Gasteiger partial charge in [-0.15, -0.1) is 47.0 Å². The topological polar surface area (TPSA) is 234 Å². The van der Waals surface area contributed by atoms with Gasteiger partial charge in [0.25, 0.3) is 0 Å². The van der Waals surface area contributed by atoms with Crippen molar-refractivity contribution in [3.05, 3.63) is 119 Å². The molecule has 0 bridgehead atoms. The highest BCUT2D eigenvalue weighted by Gasteiger charge is 2.00. The monoisotopic (exact) mass is 728 g/mol. The standard InChI is InChI=1S/4C8H10N2OS/c4*1-12-7-4-2-6(3-5-7)8(9)10-11/h4*2-5,11H,1H3,(H2,9,10). The van der Waals surface area contributed by atoms with Crippen LogP contribution in [0, 0.1) is 0 Å². The summed E-state index contributed by atoms with van der Waals surface area (Å²) < 4.78 is 0. The molecule has 0 aromatic heterocycles. The van der Waals surface area contributed by atoms with Crippen molar-refractivity contribution in [1.29, 1.82) is 0 Å². The van der Waals surface area contributed by atoms with E-state index in [2.05, 4.69) is 20.6 Å². The Morgan fingerprint density at radius 2 is 0.500 bits per heavy atom. The van der Waals surface area contributed by atoms with Crippen LogP contribution in [-0.2, 0) is 0 Å². The largest absolute Gasteiger partial charge is 0.409 e. The fourth-order valence-corrected chi connectivity index (χ4v) is 4.91.